The van der Waals surface area contributed by atoms with Gasteiger partial charge in [-0.15, -0.1) is 0 Å². The van der Waals surface area contributed by atoms with Crippen LogP contribution in [0.1, 0.15) is 16.1 Å². The summed E-state index contributed by atoms with van der Waals surface area (Å²) in [5.74, 6) is -2.07. The average molecular weight is 291 g/mol. The van der Waals surface area contributed by atoms with E-state index < -0.39 is 17.5 Å². The summed E-state index contributed by atoms with van der Waals surface area (Å²) in [7, 11) is 2.97. The van der Waals surface area contributed by atoms with E-state index in [-0.39, 0.29) is 17.8 Å². The largest absolute Gasteiger partial charge is 0.383 e. The van der Waals surface area contributed by atoms with Crippen molar-refractivity contribution < 1.29 is 13.6 Å². The van der Waals surface area contributed by atoms with Gasteiger partial charge in [0.05, 0.1) is 12.2 Å². The summed E-state index contributed by atoms with van der Waals surface area (Å²) in [6.45, 7) is 0.261. The molecule has 0 spiro atoms. The Morgan fingerprint density at radius 3 is 2.48 bits per heavy atom. The van der Waals surface area contributed by atoms with Crippen molar-refractivity contribution in [2.75, 3.05) is 19.4 Å². The molecule has 21 heavy (non-hydrogen) atoms. The Bertz CT molecular complexity index is 624. The Morgan fingerprint density at radius 2 is 1.95 bits per heavy atom. The van der Waals surface area contributed by atoms with Crippen LogP contribution in [-0.2, 0) is 6.54 Å². The predicted octanol–water partition coefficient (Wildman–Crippen LogP) is 2.67. The van der Waals surface area contributed by atoms with Crippen molar-refractivity contribution in [1.82, 2.24) is 9.88 Å². The molecule has 0 fully saturated rings. The fourth-order valence-corrected chi connectivity index (χ4v) is 1.96. The van der Waals surface area contributed by atoms with Crippen LogP contribution < -0.4 is 5.32 Å². The van der Waals surface area contributed by atoms with E-state index >= 15 is 0 Å². The summed E-state index contributed by atoms with van der Waals surface area (Å²) in [6.07, 6.45) is 1.62. The molecular formula is C15H15F2N3O. The number of carbonyl (C=O) groups excluding carboxylic acids is 1. The minimum atomic E-state index is -0.799. The molecule has 110 valence electrons. The number of aromatic nitrogens is 1. The van der Waals surface area contributed by atoms with Crippen LogP contribution in [0.4, 0.5) is 14.5 Å². The molecule has 2 aromatic rings. The molecule has 6 heteroatoms. The highest BCUT2D eigenvalue weighted by atomic mass is 19.1. The van der Waals surface area contributed by atoms with Crippen molar-refractivity contribution in [3.63, 3.8) is 0 Å². The minimum absolute atomic E-state index is 0.0394. The molecule has 0 atom stereocenters. The lowest BCUT2D eigenvalue weighted by molar-refractivity contribution is 0.0782. The first-order valence-electron chi connectivity index (χ1n) is 6.35. The first-order valence-corrected chi connectivity index (χ1v) is 6.35. The number of benzene rings is 1. The maximum absolute atomic E-state index is 13.7. The number of amides is 1. The Labute approximate surface area is 121 Å². The van der Waals surface area contributed by atoms with Crippen LogP contribution >= 0.6 is 0 Å². The molecule has 0 bridgehead atoms. The van der Waals surface area contributed by atoms with E-state index in [1.807, 2.05) is 6.07 Å². The Morgan fingerprint density at radius 1 is 1.29 bits per heavy atom. The molecule has 2 rings (SSSR count). The predicted molar refractivity (Wildman–Crippen MR) is 75.9 cm³/mol. The fourth-order valence-electron chi connectivity index (χ4n) is 1.96. The van der Waals surface area contributed by atoms with Crippen LogP contribution in [0.15, 0.2) is 36.5 Å². The number of nitrogens with one attached hydrogen (secondary N) is 1. The van der Waals surface area contributed by atoms with Crippen molar-refractivity contribution >= 4 is 11.6 Å². The maximum Gasteiger partial charge on any atom is 0.254 e. The Kier molecular flexibility index (Phi) is 4.47. The third-order valence-electron chi connectivity index (χ3n) is 3.01. The summed E-state index contributed by atoms with van der Waals surface area (Å²) in [4.78, 5) is 17.7. The molecular weight excluding hydrogens is 276 g/mol. The second kappa shape index (κ2) is 6.30. The molecule has 1 N–H and O–H groups in total. The van der Waals surface area contributed by atoms with E-state index in [2.05, 4.69) is 10.3 Å². The van der Waals surface area contributed by atoms with Gasteiger partial charge in [0.2, 0.25) is 0 Å². The lowest BCUT2D eigenvalue weighted by atomic mass is 10.1. The van der Waals surface area contributed by atoms with Crippen LogP contribution in [0.2, 0.25) is 0 Å². The van der Waals surface area contributed by atoms with Gasteiger partial charge in [-0.3, -0.25) is 9.78 Å². The SMILES string of the molecule is CNc1c(F)cc(C(=O)N(C)Cc2ccccn2)cc1F. The molecule has 1 heterocycles. The van der Waals surface area contributed by atoms with E-state index in [0.29, 0.717) is 5.69 Å². The van der Waals surface area contributed by atoms with Crippen molar-refractivity contribution in [1.29, 1.82) is 0 Å². The minimum Gasteiger partial charge on any atom is -0.383 e. The number of anilines is 1. The second-order valence-corrected chi connectivity index (χ2v) is 4.55. The molecule has 4 nitrogen and oxygen atoms in total. The molecule has 1 aromatic carbocycles. The van der Waals surface area contributed by atoms with Crippen LogP contribution in [0, 0.1) is 11.6 Å². The summed E-state index contributed by atoms with van der Waals surface area (Å²) in [6, 6.07) is 7.39. The van der Waals surface area contributed by atoms with E-state index in [4.69, 9.17) is 0 Å². The average Bonchev–Trinajstić information content (AvgIpc) is 2.47. The smallest absolute Gasteiger partial charge is 0.254 e. The van der Waals surface area contributed by atoms with Gasteiger partial charge < -0.3 is 10.2 Å². The number of carbonyl (C=O) groups is 1. The quantitative estimate of drug-likeness (QED) is 0.942. The van der Waals surface area contributed by atoms with Gasteiger partial charge in [0.25, 0.3) is 5.91 Å². The van der Waals surface area contributed by atoms with Crippen molar-refractivity contribution in [2.24, 2.45) is 0 Å². The summed E-state index contributed by atoms with van der Waals surface area (Å²) in [5, 5.41) is 2.41. The van der Waals surface area contributed by atoms with E-state index in [9.17, 15) is 13.6 Å². The highest BCUT2D eigenvalue weighted by Crippen LogP contribution is 2.21. The molecule has 1 amide bonds. The zero-order chi connectivity index (χ0) is 15.4. The van der Waals surface area contributed by atoms with Crippen molar-refractivity contribution in [3.05, 3.63) is 59.4 Å². The van der Waals surface area contributed by atoms with E-state index in [0.717, 1.165) is 12.1 Å². The Balaban J connectivity index is 2.20. The number of halogens is 2. The normalized spacial score (nSPS) is 10.3. The first-order chi connectivity index (χ1) is 10.0. The van der Waals surface area contributed by atoms with E-state index in [1.54, 1.807) is 25.4 Å². The van der Waals surface area contributed by atoms with Gasteiger partial charge in [-0.25, -0.2) is 8.78 Å². The molecule has 0 saturated carbocycles. The topological polar surface area (TPSA) is 45.2 Å². The van der Waals surface area contributed by atoms with Crippen LogP contribution in [0.3, 0.4) is 0 Å². The van der Waals surface area contributed by atoms with Gasteiger partial charge in [0.1, 0.15) is 17.3 Å². The van der Waals surface area contributed by atoms with Crippen LogP contribution in [0.25, 0.3) is 0 Å². The fraction of sp³-hybridized carbons (Fsp3) is 0.200. The number of pyridine rings is 1. The molecule has 0 saturated heterocycles. The lowest BCUT2D eigenvalue weighted by Crippen LogP contribution is -2.27. The highest BCUT2D eigenvalue weighted by Gasteiger charge is 2.17. The maximum atomic E-state index is 13.7. The van der Waals surface area contributed by atoms with Gasteiger partial charge in [-0.2, -0.15) is 0 Å². The lowest BCUT2D eigenvalue weighted by Gasteiger charge is -2.17. The Hall–Kier alpha value is -2.50. The third-order valence-corrected chi connectivity index (χ3v) is 3.01. The van der Waals surface area contributed by atoms with Crippen LogP contribution in [-0.4, -0.2) is 29.9 Å². The monoisotopic (exact) mass is 291 g/mol. The number of rotatable bonds is 4. The third kappa shape index (κ3) is 3.34. The van der Waals surface area contributed by atoms with Gasteiger partial charge in [-0.1, -0.05) is 6.07 Å². The molecule has 0 unspecified atom stereocenters. The molecule has 1 aromatic heterocycles. The first kappa shape index (κ1) is 14.9. The molecule has 0 radical (unpaired) electrons. The van der Waals surface area contributed by atoms with Gasteiger partial charge in [0.15, 0.2) is 0 Å². The van der Waals surface area contributed by atoms with E-state index in [1.165, 1.54) is 11.9 Å². The standard InChI is InChI=1S/C15H15F2N3O/c1-18-14-12(16)7-10(8-13(14)17)15(21)20(2)9-11-5-3-4-6-19-11/h3-8,18H,9H2,1-2H3. The second-order valence-electron chi connectivity index (χ2n) is 4.55. The van der Waals surface area contributed by atoms with Crippen LogP contribution in [0.5, 0.6) is 0 Å². The highest BCUT2D eigenvalue weighted by molar-refractivity contribution is 5.94. The van der Waals surface area contributed by atoms with Gasteiger partial charge in [-0.05, 0) is 24.3 Å². The van der Waals surface area contributed by atoms with Gasteiger partial charge >= 0.3 is 0 Å². The summed E-state index contributed by atoms with van der Waals surface area (Å²) in [5.41, 5.74) is 0.405. The van der Waals surface area contributed by atoms with Crippen molar-refractivity contribution in [2.45, 2.75) is 6.54 Å². The molecule has 0 aliphatic rings. The summed E-state index contributed by atoms with van der Waals surface area (Å²) < 4.78 is 27.4. The number of nitrogens with zero attached hydrogens (tertiary/aromatic N) is 2. The van der Waals surface area contributed by atoms with Gasteiger partial charge in [0, 0.05) is 25.9 Å². The number of hydrogen-bond donors (Lipinski definition) is 1. The zero-order valence-electron chi connectivity index (χ0n) is 11.7. The van der Waals surface area contributed by atoms with Crippen molar-refractivity contribution in [3.8, 4) is 0 Å². The summed E-state index contributed by atoms with van der Waals surface area (Å²) >= 11 is 0. The zero-order valence-corrected chi connectivity index (χ0v) is 11.7. The molecule has 0 aliphatic heterocycles. The number of hydrogen-bond acceptors (Lipinski definition) is 3. The molecule has 0 aliphatic carbocycles.